The number of alkyl halides is 3. The number of carbonyl (C=O) groups excluding carboxylic acids is 1. The monoisotopic (exact) mass is 544 g/mol. The predicted molar refractivity (Wildman–Crippen MR) is 126 cm³/mol. The Morgan fingerprint density at radius 3 is 2.56 bits per heavy atom. The van der Waals surface area contributed by atoms with Crippen LogP contribution in [0.25, 0.3) is 0 Å². The van der Waals surface area contributed by atoms with Gasteiger partial charge in [0.2, 0.25) is 0 Å². The molecule has 1 N–H and O–H groups in total. The van der Waals surface area contributed by atoms with Gasteiger partial charge in [-0.2, -0.15) is 21.6 Å². The van der Waals surface area contributed by atoms with Crippen LogP contribution in [-0.4, -0.2) is 61.2 Å². The number of nitrogens with zero attached hydrogens (tertiary/aromatic N) is 2. The van der Waals surface area contributed by atoms with Gasteiger partial charge in [-0.15, -0.1) is 0 Å². The lowest BCUT2D eigenvalue weighted by Crippen LogP contribution is -2.53. The van der Waals surface area contributed by atoms with Gasteiger partial charge in [0.05, 0.1) is 9.92 Å². The number of ether oxygens (including phenoxy) is 1. The van der Waals surface area contributed by atoms with Gasteiger partial charge in [-0.05, 0) is 74.2 Å². The maximum absolute atomic E-state index is 14.1. The first-order chi connectivity index (χ1) is 16.8. The van der Waals surface area contributed by atoms with Crippen molar-refractivity contribution < 1.29 is 35.7 Å². The molecule has 3 aliphatic heterocycles. The maximum atomic E-state index is 14.1. The Hall–Kier alpha value is -2.34. The van der Waals surface area contributed by atoms with Gasteiger partial charge in [-0.1, -0.05) is 11.6 Å². The van der Waals surface area contributed by atoms with Crippen LogP contribution in [0.3, 0.4) is 0 Å². The number of anilines is 1. The SMILES string of the molecule is CC1C2CCN1CC(Oc1ccc(N3C(=O)c4ccc(S(=O)(=O)O)cc4CC3C(F)(F)F)cc1Cl)C2. The molecule has 194 valence electrons. The van der Waals surface area contributed by atoms with Gasteiger partial charge >= 0.3 is 6.18 Å². The lowest BCUT2D eigenvalue weighted by atomic mass is 9.91. The molecule has 12 heteroatoms. The van der Waals surface area contributed by atoms with E-state index in [4.69, 9.17) is 16.3 Å². The van der Waals surface area contributed by atoms with E-state index < -0.39 is 39.6 Å². The minimum atomic E-state index is -4.81. The molecule has 0 saturated carbocycles. The molecule has 1 amide bonds. The van der Waals surface area contributed by atoms with Crippen LogP contribution in [0, 0.1) is 5.92 Å². The number of benzene rings is 2. The van der Waals surface area contributed by atoms with E-state index in [2.05, 4.69) is 11.8 Å². The third kappa shape index (κ3) is 4.57. The van der Waals surface area contributed by atoms with Crippen LogP contribution in [0.2, 0.25) is 5.02 Å². The zero-order valence-corrected chi connectivity index (χ0v) is 20.8. The van der Waals surface area contributed by atoms with Gasteiger partial charge in [0, 0.05) is 30.3 Å². The largest absolute Gasteiger partial charge is 0.488 e. The second kappa shape index (κ2) is 8.90. The van der Waals surface area contributed by atoms with Gasteiger partial charge in [-0.25, -0.2) is 0 Å². The second-order valence-electron chi connectivity index (χ2n) is 9.61. The Labute approximate surface area is 211 Å². The van der Waals surface area contributed by atoms with Crippen LogP contribution in [0.5, 0.6) is 5.75 Å². The fraction of sp³-hybridized carbons (Fsp3) is 0.458. The van der Waals surface area contributed by atoms with Crippen LogP contribution in [-0.2, 0) is 16.5 Å². The Bertz CT molecular complexity index is 1310. The number of carbonyl (C=O) groups is 1. The molecular weight excluding hydrogens is 521 g/mol. The molecule has 2 bridgehead atoms. The smallest absolute Gasteiger partial charge is 0.409 e. The topological polar surface area (TPSA) is 87.2 Å². The second-order valence-corrected chi connectivity index (χ2v) is 11.4. The number of fused-ring (bicyclic) bond motifs is 3. The number of halogens is 4. The molecule has 3 heterocycles. The first-order valence-corrected chi connectivity index (χ1v) is 13.4. The highest BCUT2D eigenvalue weighted by atomic mass is 35.5. The highest BCUT2D eigenvalue weighted by molar-refractivity contribution is 7.85. The van der Waals surface area contributed by atoms with Crippen molar-refractivity contribution in [3.63, 3.8) is 0 Å². The van der Waals surface area contributed by atoms with Crippen LogP contribution in [0.4, 0.5) is 18.9 Å². The summed E-state index contributed by atoms with van der Waals surface area (Å²) in [5, 5.41) is 0.0923. The average molecular weight is 545 g/mol. The fourth-order valence-electron chi connectivity index (χ4n) is 5.56. The number of piperidine rings is 1. The van der Waals surface area contributed by atoms with Crippen molar-refractivity contribution in [2.75, 3.05) is 18.0 Å². The molecule has 5 rings (SSSR count). The molecule has 0 aromatic heterocycles. The number of hydrogen-bond donors (Lipinski definition) is 1. The first kappa shape index (κ1) is 25.3. The van der Waals surface area contributed by atoms with Crippen molar-refractivity contribution in [1.82, 2.24) is 4.90 Å². The maximum Gasteiger partial charge on any atom is 0.409 e. The van der Waals surface area contributed by atoms with Crippen molar-refractivity contribution in [3.05, 3.63) is 52.5 Å². The molecule has 3 aliphatic rings. The van der Waals surface area contributed by atoms with E-state index in [1.54, 1.807) is 0 Å². The minimum Gasteiger partial charge on any atom is -0.488 e. The molecule has 5 unspecified atom stereocenters. The molecule has 0 radical (unpaired) electrons. The van der Waals surface area contributed by atoms with Crippen LogP contribution in [0.1, 0.15) is 35.7 Å². The lowest BCUT2D eigenvalue weighted by Gasteiger charge is -2.38. The number of amides is 1. The minimum absolute atomic E-state index is 0.0507. The quantitative estimate of drug-likeness (QED) is 0.567. The molecule has 36 heavy (non-hydrogen) atoms. The standard InChI is InChI=1S/C24H24ClF3N2O5S/c1-13-14-6-7-29(13)12-17(8-14)35-21-5-2-16(11-20(21)25)30-22(24(26,27)28)10-15-9-18(36(32,33)34)3-4-19(15)23(30)31/h2-5,9,11,13-14,17,22H,6-8,10,12H2,1H3,(H,32,33,34). The summed E-state index contributed by atoms with van der Waals surface area (Å²) in [6, 6.07) is 5.37. The molecule has 0 aliphatic carbocycles. The molecule has 0 spiro atoms. The van der Waals surface area contributed by atoms with Crippen molar-refractivity contribution >= 4 is 33.3 Å². The third-order valence-electron chi connectivity index (χ3n) is 7.46. The molecule has 2 aromatic rings. The summed E-state index contributed by atoms with van der Waals surface area (Å²) in [7, 11) is -4.64. The van der Waals surface area contributed by atoms with Crippen molar-refractivity contribution in [2.45, 2.75) is 55.4 Å². The van der Waals surface area contributed by atoms with Crippen LogP contribution >= 0.6 is 11.6 Å². The highest BCUT2D eigenvalue weighted by Gasteiger charge is 2.49. The molecular formula is C24H24ClF3N2O5S. The molecule has 2 fully saturated rings. The molecule has 2 saturated heterocycles. The molecule has 7 nitrogen and oxygen atoms in total. The predicted octanol–water partition coefficient (Wildman–Crippen LogP) is 4.58. The normalized spacial score (nSPS) is 28.2. The Morgan fingerprint density at radius 2 is 1.92 bits per heavy atom. The zero-order chi connectivity index (χ0) is 26.0. The van der Waals surface area contributed by atoms with E-state index in [-0.39, 0.29) is 27.9 Å². The van der Waals surface area contributed by atoms with E-state index >= 15 is 0 Å². The summed E-state index contributed by atoms with van der Waals surface area (Å²) < 4.78 is 80.4. The summed E-state index contributed by atoms with van der Waals surface area (Å²) >= 11 is 6.41. The van der Waals surface area contributed by atoms with E-state index in [0.717, 1.165) is 44.1 Å². The summed E-state index contributed by atoms with van der Waals surface area (Å²) in [5.74, 6) is -0.0793. The highest BCUT2D eigenvalue weighted by Crippen LogP contribution is 2.41. The van der Waals surface area contributed by atoms with E-state index in [0.29, 0.717) is 22.6 Å². The van der Waals surface area contributed by atoms with Gasteiger partial charge in [-0.3, -0.25) is 19.1 Å². The van der Waals surface area contributed by atoms with Gasteiger partial charge in [0.15, 0.2) is 0 Å². The van der Waals surface area contributed by atoms with E-state index in [1.807, 2.05) is 0 Å². The number of rotatable bonds is 4. The van der Waals surface area contributed by atoms with Crippen LogP contribution < -0.4 is 9.64 Å². The molecule has 5 atom stereocenters. The summed E-state index contributed by atoms with van der Waals surface area (Å²) in [4.78, 5) is 15.6. The van der Waals surface area contributed by atoms with Gasteiger partial charge in [0.25, 0.3) is 16.0 Å². The Kier molecular flexibility index (Phi) is 6.26. The first-order valence-electron chi connectivity index (χ1n) is 11.5. The Morgan fingerprint density at radius 1 is 1.17 bits per heavy atom. The fourth-order valence-corrected chi connectivity index (χ4v) is 6.31. The van der Waals surface area contributed by atoms with Crippen molar-refractivity contribution in [2.24, 2.45) is 5.92 Å². The Balaban J connectivity index is 1.44. The van der Waals surface area contributed by atoms with Gasteiger partial charge in [0.1, 0.15) is 17.9 Å². The van der Waals surface area contributed by atoms with Crippen molar-refractivity contribution in [1.29, 1.82) is 0 Å². The third-order valence-corrected chi connectivity index (χ3v) is 8.61. The number of hydrogen-bond acceptors (Lipinski definition) is 5. The zero-order valence-electron chi connectivity index (χ0n) is 19.2. The lowest BCUT2D eigenvalue weighted by molar-refractivity contribution is -0.147. The average Bonchev–Trinajstić information content (AvgIpc) is 2.99. The summed E-state index contributed by atoms with van der Waals surface area (Å²) in [6.07, 6.45) is -3.59. The van der Waals surface area contributed by atoms with Gasteiger partial charge < -0.3 is 4.74 Å². The van der Waals surface area contributed by atoms with E-state index in [9.17, 15) is 30.9 Å². The van der Waals surface area contributed by atoms with Crippen molar-refractivity contribution in [3.8, 4) is 5.75 Å². The van der Waals surface area contributed by atoms with Crippen LogP contribution in [0.15, 0.2) is 41.3 Å². The summed E-state index contributed by atoms with van der Waals surface area (Å²) in [5.41, 5.74) is -0.249. The summed E-state index contributed by atoms with van der Waals surface area (Å²) in [6.45, 7) is 3.96. The molecule has 2 aromatic carbocycles. The van der Waals surface area contributed by atoms with E-state index in [1.165, 1.54) is 18.2 Å².